The Bertz CT molecular complexity index is 816. The van der Waals surface area contributed by atoms with Gasteiger partial charge in [-0.25, -0.2) is 9.66 Å². The van der Waals surface area contributed by atoms with E-state index in [0.717, 1.165) is 11.1 Å². The Morgan fingerprint density at radius 3 is 2.89 bits per heavy atom. The molecule has 0 aliphatic rings. The van der Waals surface area contributed by atoms with Crippen molar-refractivity contribution >= 4 is 16.7 Å². The van der Waals surface area contributed by atoms with Gasteiger partial charge < -0.3 is 5.84 Å². The molecule has 92 valence electrons. The van der Waals surface area contributed by atoms with Gasteiger partial charge >= 0.3 is 0 Å². The lowest BCUT2D eigenvalue weighted by Gasteiger charge is -2.04. The zero-order chi connectivity index (χ0) is 12.9. The fourth-order valence-electron chi connectivity index (χ4n) is 1.99. The van der Waals surface area contributed by atoms with Gasteiger partial charge in [0.05, 0.1) is 16.6 Å². The molecule has 0 aliphatic carbocycles. The molecule has 0 bridgehead atoms. The fourth-order valence-corrected chi connectivity index (χ4v) is 1.99. The average molecular weight is 244 g/mol. The number of aromatic nitrogens is 5. The van der Waals surface area contributed by atoms with Crippen molar-refractivity contribution in [2.24, 2.45) is 0 Å². The van der Waals surface area contributed by atoms with Crippen LogP contribution < -0.4 is 11.4 Å². The normalized spacial score (nSPS) is 11.4. The lowest BCUT2D eigenvalue weighted by Crippen LogP contribution is -2.27. The molecule has 3 rings (SSSR count). The van der Waals surface area contributed by atoms with Crippen molar-refractivity contribution < 1.29 is 0 Å². The summed E-state index contributed by atoms with van der Waals surface area (Å²) < 4.78 is 2.63. The zero-order valence-corrected chi connectivity index (χ0v) is 10.1. The van der Waals surface area contributed by atoms with E-state index in [-0.39, 0.29) is 5.56 Å². The summed E-state index contributed by atoms with van der Waals surface area (Å²) in [5, 5.41) is 4.80. The minimum atomic E-state index is -0.284. The maximum atomic E-state index is 12.0. The number of nitrogens with zero attached hydrogens (tertiary/aromatic N) is 5. The van der Waals surface area contributed by atoms with E-state index in [1.165, 1.54) is 6.20 Å². The summed E-state index contributed by atoms with van der Waals surface area (Å²) in [5.41, 5.74) is 1.00. The van der Waals surface area contributed by atoms with E-state index in [9.17, 15) is 4.79 Å². The maximum Gasteiger partial charge on any atom is 0.279 e. The number of rotatable bonds is 1. The summed E-state index contributed by atoms with van der Waals surface area (Å²) in [6.45, 7) is 3.74. The van der Waals surface area contributed by atoms with Crippen LogP contribution in [0.3, 0.4) is 0 Å². The predicted molar refractivity (Wildman–Crippen MR) is 66.8 cm³/mol. The van der Waals surface area contributed by atoms with Gasteiger partial charge in [0.2, 0.25) is 0 Å². The SMILES string of the molecule is CCc1nc2nc(C)c3c(=O)n(N)ccc3n2n1. The number of aryl methyl sites for hydroxylation is 2. The number of nitrogens with two attached hydrogens (primary N) is 1. The molecule has 0 amide bonds. The van der Waals surface area contributed by atoms with Crippen LogP contribution in [0.4, 0.5) is 0 Å². The highest BCUT2D eigenvalue weighted by atomic mass is 16.1. The molecule has 2 N–H and O–H groups in total. The van der Waals surface area contributed by atoms with Crippen LogP contribution in [-0.2, 0) is 6.42 Å². The van der Waals surface area contributed by atoms with Crippen molar-refractivity contribution in [3.8, 4) is 0 Å². The van der Waals surface area contributed by atoms with E-state index < -0.39 is 0 Å². The second-order valence-electron chi connectivity index (χ2n) is 4.08. The Labute approximate surface area is 102 Å². The molecule has 0 saturated carbocycles. The standard InChI is InChI=1S/C11H12N6O/c1-3-8-14-11-13-6(2)9-7(17(11)15-8)4-5-16(12)10(9)18/h4-5H,3,12H2,1-2H3. The Morgan fingerprint density at radius 2 is 2.17 bits per heavy atom. The number of hydrogen-bond acceptors (Lipinski definition) is 5. The van der Waals surface area contributed by atoms with E-state index >= 15 is 0 Å². The monoisotopic (exact) mass is 244 g/mol. The molecule has 0 aromatic carbocycles. The van der Waals surface area contributed by atoms with E-state index in [2.05, 4.69) is 15.1 Å². The third-order valence-electron chi connectivity index (χ3n) is 2.91. The first kappa shape index (κ1) is 10.7. The van der Waals surface area contributed by atoms with E-state index in [0.29, 0.717) is 28.2 Å². The molecular formula is C11H12N6O. The van der Waals surface area contributed by atoms with Gasteiger partial charge in [0, 0.05) is 12.6 Å². The molecule has 0 atom stereocenters. The van der Waals surface area contributed by atoms with Gasteiger partial charge in [-0.3, -0.25) is 4.79 Å². The van der Waals surface area contributed by atoms with Crippen LogP contribution in [0.2, 0.25) is 0 Å². The van der Waals surface area contributed by atoms with Gasteiger partial charge in [-0.05, 0) is 13.0 Å². The Morgan fingerprint density at radius 1 is 1.39 bits per heavy atom. The summed E-state index contributed by atoms with van der Waals surface area (Å²) in [6.07, 6.45) is 2.23. The fraction of sp³-hybridized carbons (Fsp3) is 0.273. The van der Waals surface area contributed by atoms with Crippen molar-refractivity contribution in [1.29, 1.82) is 0 Å². The Hall–Kier alpha value is -2.44. The summed E-state index contributed by atoms with van der Waals surface area (Å²) in [5.74, 6) is 6.77. The molecule has 0 saturated heterocycles. The first-order chi connectivity index (χ1) is 8.61. The molecular weight excluding hydrogens is 232 g/mol. The van der Waals surface area contributed by atoms with Crippen LogP contribution in [0, 0.1) is 6.92 Å². The predicted octanol–water partition coefficient (Wildman–Crippen LogP) is 0.0238. The highest BCUT2D eigenvalue weighted by Crippen LogP contribution is 2.13. The molecule has 3 aromatic heterocycles. The lowest BCUT2D eigenvalue weighted by atomic mass is 10.2. The van der Waals surface area contributed by atoms with Crippen LogP contribution in [0.1, 0.15) is 18.4 Å². The Kier molecular flexibility index (Phi) is 2.09. The van der Waals surface area contributed by atoms with Crippen LogP contribution in [0.5, 0.6) is 0 Å². The molecule has 7 nitrogen and oxygen atoms in total. The van der Waals surface area contributed by atoms with Crippen molar-refractivity contribution in [1.82, 2.24) is 24.3 Å². The zero-order valence-electron chi connectivity index (χ0n) is 10.1. The second kappa shape index (κ2) is 3.52. The van der Waals surface area contributed by atoms with E-state index in [1.807, 2.05) is 6.92 Å². The van der Waals surface area contributed by atoms with Crippen LogP contribution in [0.25, 0.3) is 16.7 Å². The second-order valence-corrected chi connectivity index (χ2v) is 4.08. The van der Waals surface area contributed by atoms with Gasteiger partial charge in [-0.2, -0.15) is 9.50 Å². The highest BCUT2D eigenvalue weighted by molar-refractivity contribution is 5.81. The number of hydrogen-bond donors (Lipinski definition) is 1. The third-order valence-corrected chi connectivity index (χ3v) is 2.91. The average Bonchev–Trinajstić information content (AvgIpc) is 2.76. The quantitative estimate of drug-likeness (QED) is 0.609. The highest BCUT2D eigenvalue weighted by Gasteiger charge is 2.12. The van der Waals surface area contributed by atoms with Crippen molar-refractivity contribution in [3.05, 3.63) is 34.1 Å². The van der Waals surface area contributed by atoms with E-state index in [4.69, 9.17) is 5.84 Å². The molecule has 0 aliphatic heterocycles. The van der Waals surface area contributed by atoms with Crippen molar-refractivity contribution in [2.75, 3.05) is 5.84 Å². The Balaban J connectivity index is 2.58. The van der Waals surface area contributed by atoms with Crippen LogP contribution in [-0.4, -0.2) is 24.3 Å². The van der Waals surface area contributed by atoms with Gasteiger partial charge in [0.15, 0.2) is 5.82 Å². The molecule has 3 heterocycles. The molecule has 0 spiro atoms. The van der Waals surface area contributed by atoms with Gasteiger partial charge in [-0.15, -0.1) is 5.10 Å². The van der Waals surface area contributed by atoms with Gasteiger partial charge in [0.25, 0.3) is 11.3 Å². The van der Waals surface area contributed by atoms with Crippen LogP contribution in [0.15, 0.2) is 17.1 Å². The van der Waals surface area contributed by atoms with Gasteiger partial charge in [-0.1, -0.05) is 6.92 Å². The lowest BCUT2D eigenvalue weighted by molar-refractivity contribution is 0.891. The third kappa shape index (κ3) is 1.30. The van der Waals surface area contributed by atoms with Crippen LogP contribution >= 0.6 is 0 Å². The first-order valence-electron chi connectivity index (χ1n) is 5.64. The first-order valence-corrected chi connectivity index (χ1v) is 5.64. The number of fused-ring (bicyclic) bond motifs is 3. The minimum Gasteiger partial charge on any atom is -0.336 e. The van der Waals surface area contributed by atoms with E-state index in [1.54, 1.807) is 17.5 Å². The molecule has 0 radical (unpaired) electrons. The summed E-state index contributed by atoms with van der Waals surface area (Å²) in [4.78, 5) is 20.6. The molecule has 7 heteroatoms. The summed E-state index contributed by atoms with van der Waals surface area (Å²) >= 11 is 0. The molecule has 0 fully saturated rings. The summed E-state index contributed by atoms with van der Waals surface area (Å²) in [7, 11) is 0. The number of nitrogen functional groups attached to an aromatic ring is 1. The summed E-state index contributed by atoms with van der Waals surface area (Å²) in [6, 6.07) is 1.74. The minimum absolute atomic E-state index is 0.284. The largest absolute Gasteiger partial charge is 0.336 e. The smallest absolute Gasteiger partial charge is 0.279 e. The van der Waals surface area contributed by atoms with Gasteiger partial charge in [0.1, 0.15) is 0 Å². The molecule has 18 heavy (non-hydrogen) atoms. The van der Waals surface area contributed by atoms with Crippen molar-refractivity contribution in [2.45, 2.75) is 20.3 Å². The van der Waals surface area contributed by atoms with Crippen molar-refractivity contribution in [3.63, 3.8) is 0 Å². The topological polar surface area (TPSA) is 91.1 Å². The molecule has 3 aromatic rings. The molecule has 0 unspecified atom stereocenters. The number of pyridine rings is 1. The maximum absolute atomic E-state index is 12.0.